The van der Waals surface area contributed by atoms with Crippen molar-refractivity contribution in [1.82, 2.24) is 4.90 Å². The highest BCUT2D eigenvalue weighted by Gasteiger charge is 2.76. The first-order chi connectivity index (χ1) is 20.3. The van der Waals surface area contributed by atoms with E-state index in [0.717, 1.165) is 17.2 Å². The van der Waals surface area contributed by atoms with Gasteiger partial charge in [0, 0.05) is 12.2 Å². The molecule has 1 spiro atoms. The predicted octanol–water partition coefficient (Wildman–Crippen LogP) is 4.40. The fourth-order valence-electron chi connectivity index (χ4n) is 7.60. The maximum Gasteiger partial charge on any atom is 0.313 e. The van der Waals surface area contributed by atoms with Gasteiger partial charge in [0.05, 0.1) is 25.2 Å². The highest BCUT2D eigenvalue weighted by Crippen LogP contribution is 2.58. The summed E-state index contributed by atoms with van der Waals surface area (Å²) in [4.78, 5) is 46.5. The zero-order valence-corrected chi connectivity index (χ0v) is 24.6. The molecule has 42 heavy (non-hydrogen) atoms. The second-order valence-corrected chi connectivity index (χ2v) is 12.4. The number of hydrogen-bond donors (Lipinski definition) is 1. The van der Waals surface area contributed by atoms with Crippen molar-refractivity contribution in [3.8, 4) is 0 Å². The molecular weight excluding hydrogens is 532 g/mol. The molecule has 222 valence electrons. The van der Waals surface area contributed by atoms with Gasteiger partial charge in [-0.1, -0.05) is 75.4 Å². The van der Waals surface area contributed by atoms with Crippen LogP contribution in [0.1, 0.15) is 46.5 Å². The van der Waals surface area contributed by atoms with Gasteiger partial charge in [0.25, 0.3) is 5.91 Å². The minimum absolute atomic E-state index is 0.160. The van der Waals surface area contributed by atoms with Gasteiger partial charge in [-0.15, -0.1) is 0 Å². The number of likely N-dealkylation sites (tertiary alicyclic amines) is 1. The summed E-state index contributed by atoms with van der Waals surface area (Å²) in [7, 11) is 0. The number of carbonyl (C=O) groups excluding carboxylic acids is 3. The molecule has 2 fully saturated rings. The predicted molar refractivity (Wildman–Crippen MR) is 160 cm³/mol. The summed E-state index contributed by atoms with van der Waals surface area (Å²) in [6.45, 7) is 6.23. The van der Waals surface area contributed by atoms with E-state index < -0.39 is 41.1 Å². The Hall–Kier alpha value is -3.49. The quantitative estimate of drug-likeness (QED) is 0.407. The molecule has 1 N–H and O–H groups in total. The Morgan fingerprint density at radius 2 is 1.79 bits per heavy atom. The highest BCUT2D eigenvalue weighted by molar-refractivity contribution is 6.06. The van der Waals surface area contributed by atoms with E-state index in [2.05, 4.69) is 0 Å². The number of aliphatic hydroxyl groups is 1. The van der Waals surface area contributed by atoms with Crippen LogP contribution >= 0.6 is 0 Å². The number of aliphatic hydroxyl groups excluding tert-OH is 1. The zero-order chi connectivity index (χ0) is 29.6. The van der Waals surface area contributed by atoms with Gasteiger partial charge in [0.1, 0.15) is 23.2 Å². The fraction of sp³-hybridized carbons (Fsp3) is 0.500. The van der Waals surface area contributed by atoms with Gasteiger partial charge in [-0.05, 0) is 54.5 Å². The van der Waals surface area contributed by atoms with Crippen molar-refractivity contribution >= 4 is 34.2 Å². The van der Waals surface area contributed by atoms with E-state index in [1.54, 1.807) is 9.80 Å². The number of ether oxygens (including phenoxy) is 2. The number of benzene rings is 2. The Morgan fingerprint density at radius 1 is 1.00 bits per heavy atom. The molecule has 2 amide bonds. The van der Waals surface area contributed by atoms with Crippen LogP contribution in [-0.4, -0.2) is 70.8 Å². The number of carbonyl (C=O) groups is 3. The molecular formula is C34H40N2O6. The normalized spacial score (nSPS) is 32.5. The van der Waals surface area contributed by atoms with Crippen LogP contribution in [0.5, 0.6) is 0 Å². The summed E-state index contributed by atoms with van der Waals surface area (Å²) in [5.74, 6) is -2.82. The lowest BCUT2D eigenvalue weighted by Crippen LogP contribution is -2.59. The molecule has 4 heterocycles. The topological polar surface area (TPSA) is 96.4 Å². The van der Waals surface area contributed by atoms with Crippen LogP contribution in [0.25, 0.3) is 10.8 Å². The van der Waals surface area contributed by atoms with E-state index in [4.69, 9.17) is 9.47 Å². The van der Waals surface area contributed by atoms with Gasteiger partial charge in [0.15, 0.2) is 0 Å². The lowest BCUT2D eigenvalue weighted by Gasteiger charge is -2.41. The number of amides is 2. The summed E-state index contributed by atoms with van der Waals surface area (Å²) in [5, 5.41) is 12.6. The zero-order valence-electron chi connectivity index (χ0n) is 24.6. The highest BCUT2D eigenvalue weighted by atomic mass is 16.6. The van der Waals surface area contributed by atoms with Gasteiger partial charge in [0.2, 0.25) is 5.91 Å². The SMILES string of the molecule is CC[C@]12/C=C\CCCOC(=O)[C@H]1[C@H]1C(=O)N([C@@H](CO)CC(C)C)C3C(=O)N(c4ccc5ccccc5c4)CC=C[C@@]31O2. The van der Waals surface area contributed by atoms with Crippen LogP contribution < -0.4 is 4.90 Å². The lowest BCUT2D eigenvalue weighted by molar-refractivity contribution is -0.161. The van der Waals surface area contributed by atoms with E-state index >= 15 is 0 Å². The van der Waals surface area contributed by atoms with Crippen molar-refractivity contribution in [2.24, 2.45) is 17.8 Å². The minimum atomic E-state index is -1.40. The first-order valence-electron chi connectivity index (χ1n) is 15.2. The van der Waals surface area contributed by atoms with E-state index in [1.165, 1.54) is 0 Å². The standard InChI is InChI=1S/C34H40N2O6/c1-4-33-15-8-5-9-18-41-32(40)28(33)27-30(38)36(26(21-37)19-22(2)3)29-31(39)35(17-10-16-34(27,29)42-33)25-14-13-23-11-6-7-12-24(23)20-25/h6-8,10-16,20,22,26-29,37H,4-5,9,17-19,21H2,1-3H3/b15-8-/t26-,27+,28-,29?,33+,34+/m1/s1. The number of hydrogen-bond acceptors (Lipinski definition) is 6. The third kappa shape index (κ3) is 4.38. The average Bonchev–Trinajstić information content (AvgIpc) is 3.37. The van der Waals surface area contributed by atoms with Crippen molar-refractivity contribution in [2.75, 3.05) is 24.7 Å². The Bertz CT molecular complexity index is 1450. The van der Waals surface area contributed by atoms with Gasteiger partial charge >= 0.3 is 5.97 Å². The van der Waals surface area contributed by atoms with Crippen molar-refractivity contribution in [2.45, 2.75) is 69.7 Å². The van der Waals surface area contributed by atoms with Gasteiger partial charge in [-0.25, -0.2) is 0 Å². The van der Waals surface area contributed by atoms with Crippen LogP contribution in [0, 0.1) is 17.8 Å². The number of allylic oxidation sites excluding steroid dienone is 1. The summed E-state index contributed by atoms with van der Waals surface area (Å²) in [6, 6.07) is 12.2. The van der Waals surface area contributed by atoms with Crippen LogP contribution in [-0.2, 0) is 23.9 Å². The van der Waals surface area contributed by atoms with Gasteiger partial charge < -0.3 is 24.4 Å². The number of nitrogens with zero attached hydrogens (tertiary/aromatic N) is 2. The number of rotatable bonds is 6. The van der Waals surface area contributed by atoms with Crippen molar-refractivity contribution in [3.63, 3.8) is 0 Å². The third-order valence-corrected chi connectivity index (χ3v) is 9.46. The van der Waals surface area contributed by atoms with Crippen LogP contribution in [0.3, 0.4) is 0 Å². The minimum Gasteiger partial charge on any atom is -0.465 e. The largest absolute Gasteiger partial charge is 0.465 e. The van der Waals surface area contributed by atoms with Crippen LogP contribution in [0.4, 0.5) is 5.69 Å². The van der Waals surface area contributed by atoms with E-state index in [0.29, 0.717) is 24.9 Å². The van der Waals surface area contributed by atoms with Crippen molar-refractivity contribution in [1.29, 1.82) is 0 Å². The lowest BCUT2D eigenvalue weighted by atomic mass is 9.73. The number of fused-ring (bicyclic) bond motifs is 3. The first-order valence-corrected chi connectivity index (χ1v) is 15.2. The molecule has 0 bridgehead atoms. The molecule has 2 aromatic rings. The monoisotopic (exact) mass is 572 g/mol. The summed E-state index contributed by atoms with van der Waals surface area (Å²) < 4.78 is 12.7. The summed E-state index contributed by atoms with van der Waals surface area (Å²) in [5.41, 5.74) is -1.78. The molecule has 0 aromatic heterocycles. The average molecular weight is 573 g/mol. The van der Waals surface area contributed by atoms with E-state index in [1.807, 2.05) is 87.5 Å². The van der Waals surface area contributed by atoms with Crippen LogP contribution in [0.15, 0.2) is 66.8 Å². The Labute approximate surface area is 246 Å². The number of cyclic esters (lactones) is 1. The maximum atomic E-state index is 14.8. The smallest absolute Gasteiger partial charge is 0.313 e. The van der Waals surface area contributed by atoms with Crippen molar-refractivity contribution in [3.05, 3.63) is 66.8 Å². The number of anilines is 1. The molecule has 1 unspecified atom stereocenters. The molecule has 6 atom stereocenters. The fourth-order valence-corrected chi connectivity index (χ4v) is 7.60. The first kappa shape index (κ1) is 28.6. The molecule has 8 nitrogen and oxygen atoms in total. The molecule has 0 radical (unpaired) electrons. The van der Waals surface area contributed by atoms with E-state index in [9.17, 15) is 19.5 Å². The van der Waals surface area contributed by atoms with Crippen LogP contribution in [0.2, 0.25) is 0 Å². The Kier molecular flexibility index (Phi) is 7.48. The summed E-state index contributed by atoms with van der Waals surface area (Å²) in [6.07, 6.45) is 10.0. The summed E-state index contributed by atoms with van der Waals surface area (Å²) >= 11 is 0. The van der Waals surface area contributed by atoms with Gasteiger partial charge in [-0.2, -0.15) is 0 Å². The Morgan fingerprint density at radius 3 is 2.52 bits per heavy atom. The molecule has 2 saturated heterocycles. The molecule has 8 heteroatoms. The van der Waals surface area contributed by atoms with Gasteiger partial charge in [-0.3, -0.25) is 14.4 Å². The second kappa shape index (κ2) is 11.0. The molecule has 6 rings (SSSR count). The molecule has 2 aromatic carbocycles. The van der Waals surface area contributed by atoms with Crippen molar-refractivity contribution < 1.29 is 29.0 Å². The molecule has 4 aliphatic rings. The third-order valence-electron chi connectivity index (χ3n) is 9.46. The maximum absolute atomic E-state index is 14.8. The molecule has 4 aliphatic heterocycles. The Balaban J connectivity index is 1.52. The van der Waals surface area contributed by atoms with E-state index in [-0.39, 0.29) is 37.5 Å². The molecule has 0 saturated carbocycles. The molecule has 0 aliphatic carbocycles. The number of esters is 1. The second-order valence-electron chi connectivity index (χ2n) is 12.4.